The van der Waals surface area contributed by atoms with Crippen molar-refractivity contribution in [2.24, 2.45) is 0 Å². The van der Waals surface area contributed by atoms with E-state index in [1.165, 1.54) is 12.1 Å². The largest absolute Gasteiger partial charge is 0.507 e. The summed E-state index contributed by atoms with van der Waals surface area (Å²) in [6, 6.07) is 6.08. The molecule has 1 aliphatic carbocycles. The minimum atomic E-state index is -0.425. The lowest BCUT2D eigenvalue weighted by molar-refractivity contribution is 0.103. The van der Waals surface area contributed by atoms with Crippen molar-refractivity contribution >= 4 is 28.3 Å². The molecule has 0 saturated heterocycles. The van der Waals surface area contributed by atoms with Gasteiger partial charge in [-0.25, -0.2) is 0 Å². The Labute approximate surface area is 159 Å². The Balaban J connectivity index is 1.87. The minimum absolute atomic E-state index is 0.0202. The molecule has 3 aromatic rings. The van der Waals surface area contributed by atoms with Crippen LogP contribution in [0.5, 0.6) is 11.5 Å². The molecule has 0 fully saturated rings. The van der Waals surface area contributed by atoms with Crippen LogP contribution >= 0.6 is 11.6 Å². The van der Waals surface area contributed by atoms with Gasteiger partial charge >= 0.3 is 0 Å². The third-order valence-corrected chi connectivity index (χ3v) is 5.05. The van der Waals surface area contributed by atoms with Gasteiger partial charge in [0.1, 0.15) is 17.2 Å². The molecule has 0 radical (unpaired) electrons. The van der Waals surface area contributed by atoms with E-state index in [1.54, 1.807) is 16.8 Å². The molecule has 0 spiro atoms. The monoisotopic (exact) mass is 387 g/mol. The first kappa shape index (κ1) is 17.8. The zero-order chi connectivity index (χ0) is 19.1. The first-order valence-electron chi connectivity index (χ1n) is 8.65. The molecule has 2 aromatic carbocycles. The molecule has 27 heavy (non-hydrogen) atoms. The molecular weight excluding hydrogens is 370 g/mol. The molecule has 7 nitrogen and oxygen atoms in total. The topological polar surface area (TPSA) is 108 Å². The van der Waals surface area contributed by atoms with Gasteiger partial charge < -0.3 is 20.6 Å². The van der Waals surface area contributed by atoms with Gasteiger partial charge in [-0.2, -0.15) is 5.10 Å². The molecule has 0 bridgehead atoms. The van der Waals surface area contributed by atoms with E-state index in [9.17, 15) is 15.0 Å². The second-order valence-electron chi connectivity index (χ2n) is 6.40. The van der Waals surface area contributed by atoms with Gasteiger partial charge in [-0.15, -0.1) is 0 Å². The molecule has 140 valence electrons. The highest BCUT2D eigenvalue weighted by molar-refractivity contribution is 6.39. The Hall–Kier alpha value is -2.61. The zero-order valence-corrected chi connectivity index (χ0v) is 15.1. The second-order valence-corrected chi connectivity index (χ2v) is 6.81. The number of aromatic hydroxyl groups is 2. The Morgan fingerprint density at radius 1 is 1.04 bits per heavy atom. The standard InChI is InChI=1S/C19H18ClN3O4/c20-10-2-3-11-15-14(10)19(27)17-13(26)5-4-12(25)16(17)18(15)22-23(11)8-1-6-21-7-9-24/h2-5,21,24-26H,1,6-9H2. The van der Waals surface area contributed by atoms with Crippen LogP contribution in [0.1, 0.15) is 22.3 Å². The molecule has 0 atom stereocenters. The number of hydrogen-bond acceptors (Lipinski definition) is 6. The van der Waals surface area contributed by atoms with Gasteiger partial charge in [-0.05, 0) is 37.2 Å². The van der Waals surface area contributed by atoms with Gasteiger partial charge in [0.25, 0.3) is 0 Å². The van der Waals surface area contributed by atoms with Crippen molar-refractivity contribution in [1.82, 2.24) is 15.1 Å². The summed E-state index contributed by atoms with van der Waals surface area (Å²) in [6.07, 6.45) is 0.765. The summed E-state index contributed by atoms with van der Waals surface area (Å²) in [5, 5.41) is 38.0. The number of aryl methyl sites for hydroxylation is 1. The van der Waals surface area contributed by atoms with Crippen LogP contribution in [0.25, 0.3) is 22.2 Å². The van der Waals surface area contributed by atoms with E-state index in [4.69, 9.17) is 16.7 Å². The van der Waals surface area contributed by atoms with Gasteiger partial charge in [-0.1, -0.05) is 11.6 Å². The van der Waals surface area contributed by atoms with Crippen LogP contribution in [-0.4, -0.2) is 50.6 Å². The number of aromatic nitrogens is 2. The van der Waals surface area contributed by atoms with E-state index >= 15 is 0 Å². The van der Waals surface area contributed by atoms with Crippen LogP contribution in [0.2, 0.25) is 5.02 Å². The lowest BCUT2D eigenvalue weighted by Gasteiger charge is -2.17. The number of carbonyl (C=O) groups is 1. The van der Waals surface area contributed by atoms with Gasteiger partial charge in [0, 0.05) is 18.5 Å². The van der Waals surface area contributed by atoms with Crippen molar-refractivity contribution in [3.05, 3.63) is 40.4 Å². The van der Waals surface area contributed by atoms with Gasteiger partial charge in [0.05, 0.1) is 33.8 Å². The van der Waals surface area contributed by atoms with Crippen molar-refractivity contribution in [3.8, 4) is 22.8 Å². The van der Waals surface area contributed by atoms with Crippen molar-refractivity contribution in [2.75, 3.05) is 19.7 Å². The SMILES string of the molecule is O=C1c2c(O)ccc(O)c2-c2nn(CCCNCCO)c3ccc(Cl)c1c23. The molecule has 1 aliphatic rings. The first-order valence-corrected chi connectivity index (χ1v) is 9.03. The van der Waals surface area contributed by atoms with E-state index in [1.807, 2.05) is 0 Å². The summed E-state index contributed by atoms with van der Waals surface area (Å²) in [5.41, 5.74) is 1.73. The Bertz CT molecular complexity index is 1060. The van der Waals surface area contributed by atoms with Crippen LogP contribution < -0.4 is 5.32 Å². The third kappa shape index (κ3) is 2.75. The Kier molecular flexibility index (Phi) is 4.51. The van der Waals surface area contributed by atoms with E-state index in [0.717, 1.165) is 11.9 Å². The summed E-state index contributed by atoms with van der Waals surface area (Å²) in [7, 11) is 0. The number of hydrogen-bond donors (Lipinski definition) is 4. The van der Waals surface area contributed by atoms with Crippen LogP contribution in [0.3, 0.4) is 0 Å². The van der Waals surface area contributed by atoms with E-state index in [2.05, 4.69) is 10.4 Å². The van der Waals surface area contributed by atoms with Crippen molar-refractivity contribution in [2.45, 2.75) is 13.0 Å². The number of halogens is 1. The summed E-state index contributed by atoms with van der Waals surface area (Å²) in [6.45, 7) is 1.90. The molecule has 1 aromatic heterocycles. The highest BCUT2D eigenvalue weighted by Crippen LogP contribution is 2.47. The summed E-state index contributed by atoms with van der Waals surface area (Å²) >= 11 is 6.30. The van der Waals surface area contributed by atoms with Crippen LogP contribution in [0.15, 0.2) is 24.3 Å². The fourth-order valence-electron chi connectivity index (χ4n) is 3.55. The molecule has 0 amide bonds. The van der Waals surface area contributed by atoms with E-state index in [-0.39, 0.29) is 34.3 Å². The number of ketones is 1. The Morgan fingerprint density at radius 3 is 2.52 bits per heavy atom. The third-order valence-electron chi connectivity index (χ3n) is 4.73. The number of phenols is 2. The number of nitrogens with zero attached hydrogens (tertiary/aromatic N) is 2. The van der Waals surface area contributed by atoms with Crippen LogP contribution in [0.4, 0.5) is 0 Å². The molecule has 0 saturated carbocycles. The molecule has 1 heterocycles. The predicted molar refractivity (Wildman–Crippen MR) is 102 cm³/mol. The molecule has 4 N–H and O–H groups in total. The number of carbonyl (C=O) groups excluding carboxylic acids is 1. The van der Waals surface area contributed by atoms with Crippen molar-refractivity contribution in [1.29, 1.82) is 0 Å². The average Bonchev–Trinajstić information content (AvgIpc) is 3.01. The maximum atomic E-state index is 13.0. The van der Waals surface area contributed by atoms with E-state index < -0.39 is 5.78 Å². The molecule has 8 heteroatoms. The number of benzene rings is 2. The minimum Gasteiger partial charge on any atom is -0.507 e. The zero-order valence-electron chi connectivity index (χ0n) is 14.4. The number of aliphatic hydroxyl groups is 1. The van der Waals surface area contributed by atoms with Gasteiger partial charge in [0.15, 0.2) is 5.78 Å². The summed E-state index contributed by atoms with van der Waals surface area (Å²) in [4.78, 5) is 13.0. The maximum Gasteiger partial charge on any atom is 0.199 e. The fraction of sp³-hybridized carbons (Fsp3) is 0.263. The van der Waals surface area contributed by atoms with Crippen molar-refractivity contribution < 1.29 is 20.1 Å². The maximum absolute atomic E-state index is 13.0. The van der Waals surface area contributed by atoms with Crippen LogP contribution in [-0.2, 0) is 6.54 Å². The highest BCUT2D eigenvalue weighted by Gasteiger charge is 2.34. The molecule has 0 unspecified atom stereocenters. The van der Waals surface area contributed by atoms with Crippen molar-refractivity contribution in [3.63, 3.8) is 0 Å². The second kappa shape index (κ2) is 6.84. The number of aliphatic hydroxyl groups excluding tert-OH is 1. The molecule has 0 aliphatic heterocycles. The molecule has 4 rings (SSSR count). The quantitative estimate of drug-likeness (QED) is 0.298. The average molecular weight is 388 g/mol. The lowest BCUT2D eigenvalue weighted by Crippen LogP contribution is -2.20. The number of phenolic OH excluding ortho intramolecular Hbond substituents is 2. The highest BCUT2D eigenvalue weighted by atomic mass is 35.5. The smallest absolute Gasteiger partial charge is 0.199 e. The summed E-state index contributed by atoms with van der Waals surface area (Å²) in [5.74, 6) is -0.752. The van der Waals surface area contributed by atoms with Gasteiger partial charge in [-0.3, -0.25) is 9.48 Å². The number of nitrogens with one attached hydrogen (secondary N) is 1. The predicted octanol–water partition coefficient (Wildman–Crippen LogP) is 2.28. The number of fused-ring (bicyclic) bond motifs is 2. The molecular formula is C19H18ClN3O4. The normalized spacial score (nSPS) is 12.6. The lowest BCUT2D eigenvalue weighted by atomic mass is 9.86. The summed E-state index contributed by atoms with van der Waals surface area (Å²) < 4.78 is 1.77. The fourth-order valence-corrected chi connectivity index (χ4v) is 3.79. The first-order chi connectivity index (χ1) is 13.0. The number of rotatable bonds is 6. The Morgan fingerprint density at radius 2 is 1.78 bits per heavy atom. The van der Waals surface area contributed by atoms with Gasteiger partial charge in [0.2, 0.25) is 0 Å². The van der Waals surface area contributed by atoms with Crippen LogP contribution in [0, 0.1) is 0 Å². The van der Waals surface area contributed by atoms with E-state index in [0.29, 0.717) is 36.3 Å².